The fraction of sp³-hybridized carbons (Fsp3) is 0.286. The lowest BCUT2D eigenvalue weighted by molar-refractivity contribution is -0.143. The quantitative estimate of drug-likeness (QED) is 0.704. The van der Waals surface area contributed by atoms with E-state index < -0.39 is 17.4 Å². The van der Waals surface area contributed by atoms with Gasteiger partial charge in [0.25, 0.3) is 0 Å². The van der Waals surface area contributed by atoms with Crippen molar-refractivity contribution in [3.8, 4) is 0 Å². The van der Waals surface area contributed by atoms with Crippen LogP contribution in [0.4, 0.5) is 5.69 Å². The van der Waals surface area contributed by atoms with Crippen molar-refractivity contribution in [3.05, 3.63) is 64.1 Å². The molecule has 4 atom stereocenters. The number of benzene rings is 2. The number of amides is 3. The third kappa shape index (κ3) is 2.20. The maximum atomic E-state index is 13.4. The Morgan fingerprint density at radius 3 is 2.57 bits per heavy atom. The minimum absolute atomic E-state index is 0.216. The van der Waals surface area contributed by atoms with Gasteiger partial charge in [-0.2, -0.15) is 0 Å². The number of carbonyl (C=O) groups excluding carboxylic acids is 3. The van der Waals surface area contributed by atoms with Crippen LogP contribution in [0, 0.1) is 11.8 Å². The Morgan fingerprint density at radius 1 is 1.07 bits per heavy atom. The number of carbonyl (C=O) groups is 3. The van der Waals surface area contributed by atoms with Crippen molar-refractivity contribution < 1.29 is 14.4 Å². The largest absolute Gasteiger partial charge is 0.324 e. The van der Waals surface area contributed by atoms with Crippen molar-refractivity contribution in [2.24, 2.45) is 11.8 Å². The van der Waals surface area contributed by atoms with Crippen LogP contribution in [-0.2, 0) is 26.5 Å². The number of halogens is 1. The third-order valence-corrected chi connectivity index (χ3v) is 6.59. The Kier molecular flexibility index (Phi) is 3.76. The molecule has 2 N–H and O–H groups in total. The summed E-state index contributed by atoms with van der Waals surface area (Å²) in [5.41, 5.74) is 1.06. The molecular formula is C21H18BrN3O3. The van der Waals surface area contributed by atoms with Gasteiger partial charge in [-0.25, -0.2) is 0 Å². The molecule has 7 heteroatoms. The highest BCUT2D eigenvalue weighted by atomic mass is 79.9. The molecule has 3 aliphatic rings. The monoisotopic (exact) mass is 439 g/mol. The number of fused-ring (bicyclic) bond motifs is 4. The average molecular weight is 440 g/mol. The van der Waals surface area contributed by atoms with E-state index in [4.69, 9.17) is 0 Å². The van der Waals surface area contributed by atoms with Gasteiger partial charge in [0.1, 0.15) is 5.54 Å². The van der Waals surface area contributed by atoms with Crippen molar-refractivity contribution in [1.82, 2.24) is 10.2 Å². The maximum absolute atomic E-state index is 13.4. The molecule has 2 aromatic rings. The minimum atomic E-state index is -1.22. The second kappa shape index (κ2) is 5.99. The SMILES string of the molecule is C[C@@H]1N[C@]2(C(=O)Nc3ccc(Br)cc32)[C@@H]2C(=O)N(Cc3ccccc3)C(=O)[C@H]12. The van der Waals surface area contributed by atoms with Crippen molar-refractivity contribution in [2.75, 3.05) is 5.32 Å². The molecule has 3 amide bonds. The highest BCUT2D eigenvalue weighted by Crippen LogP contribution is 2.53. The fourth-order valence-electron chi connectivity index (χ4n) is 4.92. The van der Waals surface area contributed by atoms with Crippen LogP contribution < -0.4 is 10.6 Å². The number of likely N-dealkylation sites (tertiary alicyclic amines) is 1. The van der Waals surface area contributed by atoms with Crippen molar-refractivity contribution >= 4 is 39.3 Å². The second-order valence-electron chi connectivity index (χ2n) is 7.64. The zero-order valence-electron chi connectivity index (χ0n) is 15.1. The van der Waals surface area contributed by atoms with Gasteiger partial charge >= 0.3 is 0 Å². The topological polar surface area (TPSA) is 78.5 Å². The Hall–Kier alpha value is -2.51. The van der Waals surface area contributed by atoms with Gasteiger partial charge in [0.05, 0.1) is 18.4 Å². The van der Waals surface area contributed by atoms with Gasteiger partial charge in [-0.3, -0.25) is 24.6 Å². The number of imide groups is 1. The summed E-state index contributed by atoms with van der Waals surface area (Å²) in [5, 5.41) is 6.19. The molecule has 2 fully saturated rings. The van der Waals surface area contributed by atoms with Crippen LogP contribution in [0.15, 0.2) is 53.0 Å². The highest BCUT2D eigenvalue weighted by molar-refractivity contribution is 9.10. The fourth-order valence-corrected chi connectivity index (χ4v) is 5.28. The lowest BCUT2D eigenvalue weighted by atomic mass is 9.76. The first-order valence-electron chi connectivity index (χ1n) is 9.22. The number of hydrogen-bond acceptors (Lipinski definition) is 4. The van der Waals surface area contributed by atoms with E-state index in [9.17, 15) is 14.4 Å². The van der Waals surface area contributed by atoms with Crippen molar-refractivity contribution in [1.29, 1.82) is 0 Å². The molecule has 0 unspecified atom stereocenters. The van der Waals surface area contributed by atoms with Crippen LogP contribution in [-0.4, -0.2) is 28.7 Å². The molecule has 6 nitrogen and oxygen atoms in total. The average Bonchev–Trinajstić information content (AvgIpc) is 3.23. The minimum Gasteiger partial charge on any atom is -0.324 e. The van der Waals surface area contributed by atoms with E-state index >= 15 is 0 Å². The van der Waals surface area contributed by atoms with Crippen LogP contribution in [0.1, 0.15) is 18.1 Å². The van der Waals surface area contributed by atoms with Gasteiger partial charge in [-0.15, -0.1) is 0 Å². The smallest absolute Gasteiger partial charge is 0.250 e. The van der Waals surface area contributed by atoms with E-state index in [-0.39, 0.29) is 30.3 Å². The summed E-state index contributed by atoms with van der Waals surface area (Å²) in [4.78, 5) is 41.0. The molecule has 2 aromatic carbocycles. The van der Waals surface area contributed by atoms with Gasteiger partial charge in [-0.05, 0) is 30.7 Å². The summed E-state index contributed by atoms with van der Waals surface area (Å²) in [6.07, 6.45) is 0. The molecule has 3 heterocycles. The molecule has 0 bridgehead atoms. The van der Waals surface area contributed by atoms with E-state index in [1.165, 1.54) is 4.90 Å². The predicted molar refractivity (Wildman–Crippen MR) is 106 cm³/mol. The van der Waals surface area contributed by atoms with E-state index in [0.29, 0.717) is 11.3 Å². The Balaban J connectivity index is 1.60. The van der Waals surface area contributed by atoms with E-state index in [2.05, 4.69) is 26.6 Å². The second-order valence-corrected chi connectivity index (χ2v) is 8.55. The summed E-state index contributed by atoms with van der Waals surface area (Å²) < 4.78 is 0.818. The molecule has 142 valence electrons. The molecule has 2 saturated heterocycles. The molecule has 1 spiro atoms. The Bertz CT molecular complexity index is 1020. The zero-order chi connectivity index (χ0) is 19.6. The van der Waals surface area contributed by atoms with E-state index in [0.717, 1.165) is 10.0 Å². The van der Waals surface area contributed by atoms with E-state index in [1.54, 1.807) is 0 Å². The molecule has 0 aliphatic carbocycles. The van der Waals surface area contributed by atoms with Gasteiger partial charge in [0.15, 0.2) is 0 Å². The standard InChI is InChI=1S/C21H18BrN3O3/c1-11-16-17(19(27)25(18(16)26)10-12-5-3-2-4-6-12)21(24-11)14-9-13(22)7-8-15(14)23-20(21)28/h2-9,11,16-17,24H,10H2,1H3,(H,23,28)/t11-,16+,17-,21-/m0/s1. The van der Waals surface area contributed by atoms with Crippen molar-refractivity contribution in [2.45, 2.75) is 25.0 Å². The summed E-state index contributed by atoms with van der Waals surface area (Å²) in [7, 11) is 0. The van der Waals surface area contributed by atoms with Crippen molar-refractivity contribution in [3.63, 3.8) is 0 Å². The molecule has 0 saturated carbocycles. The number of anilines is 1. The lowest BCUT2D eigenvalue weighted by Gasteiger charge is -2.29. The van der Waals surface area contributed by atoms with Crippen LogP contribution >= 0.6 is 15.9 Å². The van der Waals surface area contributed by atoms with Crippen LogP contribution in [0.25, 0.3) is 0 Å². The number of hydrogen-bond donors (Lipinski definition) is 2. The first-order chi connectivity index (χ1) is 13.4. The molecule has 28 heavy (non-hydrogen) atoms. The van der Waals surface area contributed by atoms with Crippen LogP contribution in [0.3, 0.4) is 0 Å². The first kappa shape index (κ1) is 17.6. The highest BCUT2D eigenvalue weighted by Gasteiger charge is 2.69. The molecule has 3 aliphatic heterocycles. The maximum Gasteiger partial charge on any atom is 0.250 e. The third-order valence-electron chi connectivity index (χ3n) is 6.10. The molecule has 0 radical (unpaired) electrons. The Morgan fingerprint density at radius 2 is 1.82 bits per heavy atom. The first-order valence-corrected chi connectivity index (χ1v) is 10.0. The lowest BCUT2D eigenvalue weighted by Crippen LogP contribution is -2.52. The molecular weight excluding hydrogens is 422 g/mol. The number of rotatable bonds is 2. The predicted octanol–water partition coefficient (Wildman–Crippen LogP) is 2.39. The summed E-state index contributed by atoms with van der Waals surface area (Å²) in [6.45, 7) is 2.09. The van der Waals surface area contributed by atoms with Gasteiger partial charge < -0.3 is 5.32 Å². The normalized spacial score (nSPS) is 30.7. The van der Waals surface area contributed by atoms with E-state index in [1.807, 2.05) is 55.5 Å². The Labute approximate surface area is 170 Å². The summed E-state index contributed by atoms with van der Waals surface area (Å²) >= 11 is 3.46. The summed E-state index contributed by atoms with van der Waals surface area (Å²) in [5.74, 6) is -2.10. The molecule has 5 rings (SSSR count). The number of nitrogens with one attached hydrogen (secondary N) is 2. The number of nitrogens with zero attached hydrogens (tertiary/aromatic N) is 1. The van der Waals surface area contributed by atoms with Gasteiger partial charge in [-0.1, -0.05) is 46.3 Å². The van der Waals surface area contributed by atoms with Crippen LogP contribution in [0.2, 0.25) is 0 Å². The molecule has 0 aromatic heterocycles. The van der Waals surface area contributed by atoms with Gasteiger partial charge in [0.2, 0.25) is 17.7 Å². The zero-order valence-corrected chi connectivity index (χ0v) is 16.7. The van der Waals surface area contributed by atoms with Gasteiger partial charge in [0, 0.05) is 21.8 Å². The summed E-state index contributed by atoms with van der Waals surface area (Å²) in [6, 6.07) is 14.7. The van der Waals surface area contributed by atoms with Crippen LogP contribution in [0.5, 0.6) is 0 Å².